The van der Waals surface area contributed by atoms with Gasteiger partial charge in [-0.3, -0.25) is 10.1 Å². The third kappa shape index (κ3) is 7.69. The molecule has 6 N–H and O–H groups in total. The highest BCUT2D eigenvalue weighted by Crippen LogP contribution is 2.29. The van der Waals surface area contributed by atoms with E-state index in [0.717, 1.165) is 12.5 Å². The number of rotatable bonds is 10. The van der Waals surface area contributed by atoms with E-state index in [0.29, 0.717) is 54.8 Å². The number of nitrogens with one attached hydrogen (secondary N) is 3. The summed E-state index contributed by atoms with van der Waals surface area (Å²) in [5.41, 5.74) is 7.93. The van der Waals surface area contributed by atoms with Gasteiger partial charge in [0.15, 0.2) is 11.6 Å². The number of amides is 1. The van der Waals surface area contributed by atoms with Gasteiger partial charge in [-0.25, -0.2) is 9.78 Å². The van der Waals surface area contributed by atoms with Crippen molar-refractivity contribution in [1.82, 2.24) is 25.5 Å². The van der Waals surface area contributed by atoms with Crippen molar-refractivity contribution in [2.24, 2.45) is 0 Å². The Morgan fingerprint density at radius 2 is 2.06 bits per heavy atom. The molecule has 0 radical (unpaired) electrons. The molecular weight excluding hydrogens is 442 g/mol. The molecule has 0 aromatic carbocycles. The summed E-state index contributed by atoms with van der Waals surface area (Å²) < 4.78 is 11.2. The van der Waals surface area contributed by atoms with Crippen molar-refractivity contribution in [2.75, 3.05) is 24.8 Å². The first kappa shape index (κ1) is 24.9. The van der Waals surface area contributed by atoms with Crippen molar-refractivity contribution >= 4 is 25.5 Å². The lowest BCUT2D eigenvalue weighted by Gasteiger charge is -2.35. The van der Waals surface area contributed by atoms with Crippen LogP contribution in [0.5, 0.6) is 0 Å². The average Bonchev–Trinajstić information content (AvgIpc) is 3.20. The van der Waals surface area contributed by atoms with Gasteiger partial charge in [-0.05, 0) is 31.4 Å². The highest BCUT2D eigenvalue weighted by molar-refractivity contribution is 6.76. The number of aromatic amines is 1. The predicted molar refractivity (Wildman–Crippen MR) is 129 cm³/mol. The Labute approximate surface area is 194 Å². The lowest BCUT2D eigenvalue weighted by molar-refractivity contribution is 0.0546. The highest BCUT2D eigenvalue weighted by Gasteiger charge is 2.30. The van der Waals surface area contributed by atoms with E-state index in [1.165, 1.54) is 0 Å². The lowest BCUT2D eigenvalue weighted by Crippen LogP contribution is -2.46. The molecule has 1 saturated carbocycles. The summed E-state index contributed by atoms with van der Waals surface area (Å²) in [6.45, 7) is 8.02. The van der Waals surface area contributed by atoms with Gasteiger partial charge < -0.3 is 30.9 Å². The largest absolute Gasteiger partial charge is 0.465 e. The number of hydrogen-bond acceptors (Lipinski definition) is 8. The van der Waals surface area contributed by atoms with Crippen molar-refractivity contribution in [2.45, 2.75) is 69.7 Å². The number of anilines is 2. The molecule has 2 aromatic heterocycles. The Kier molecular flexibility index (Phi) is 8.27. The van der Waals surface area contributed by atoms with Crippen LogP contribution in [0.2, 0.25) is 25.7 Å². The van der Waals surface area contributed by atoms with Gasteiger partial charge >= 0.3 is 6.09 Å². The summed E-state index contributed by atoms with van der Waals surface area (Å²) >= 11 is 0. The average molecular weight is 478 g/mol. The molecule has 182 valence electrons. The van der Waals surface area contributed by atoms with Gasteiger partial charge in [0.25, 0.3) is 0 Å². The van der Waals surface area contributed by atoms with Gasteiger partial charge in [-0.1, -0.05) is 19.6 Å². The number of ether oxygens (including phenoxy) is 2. The Bertz CT molecular complexity index is 934. The molecule has 3 unspecified atom stereocenters. The summed E-state index contributed by atoms with van der Waals surface area (Å²) in [6.07, 6.45) is 2.49. The van der Waals surface area contributed by atoms with E-state index in [-0.39, 0.29) is 18.2 Å². The fraction of sp³-hybridized carbons (Fsp3) is 0.619. The van der Waals surface area contributed by atoms with Crippen molar-refractivity contribution in [1.29, 1.82) is 0 Å². The molecule has 1 aliphatic rings. The highest BCUT2D eigenvalue weighted by atomic mass is 28.3. The SMILES string of the molecule is COC1CC(NC(=O)O)CC(Nc2cc(-c3n[nH]c(COCC[Si](C)(C)C)n3)ncc2N)C1. The molecule has 1 amide bonds. The molecule has 3 rings (SSSR count). The second-order valence-corrected chi connectivity index (χ2v) is 15.3. The summed E-state index contributed by atoms with van der Waals surface area (Å²) in [7, 11) is 0.505. The molecule has 3 atom stereocenters. The number of aromatic nitrogens is 4. The molecule has 0 bridgehead atoms. The molecule has 11 nitrogen and oxygen atoms in total. The number of H-pyrrole nitrogens is 1. The van der Waals surface area contributed by atoms with Gasteiger partial charge in [-0.15, -0.1) is 0 Å². The van der Waals surface area contributed by atoms with Crippen molar-refractivity contribution in [3.05, 3.63) is 18.1 Å². The maximum Gasteiger partial charge on any atom is 0.404 e. The first-order chi connectivity index (χ1) is 15.6. The zero-order valence-electron chi connectivity index (χ0n) is 19.7. The number of carbonyl (C=O) groups is 1. The van der Waals surface area contributed by atoms with E-state index in [9.17, 15) is 4.79 Å². The van der Waals surface area contributed by atoms with Crippen LogP contribution in [-0.4, -0.2) is 71.3 Å². The summed E-state index contributed by atoms with van der Waals surface area (Å²) in [5, 5.41) is 22.3. The fourth-order valence-electron chi connectivity index (χ4n) is 3.82. The summed E-state index contributed by atoms with van der Waals surface area (Å²) in [5.74, 6) is 1.11. The van der Waals surface area contributed by atoms with E-state index in [2.05, 4.69) is 50.4 Å². The third-order valence-corrected chi connectivity index (χ3v) is 7.32. The van der Waals surface area contributed by atoms with E-state index < -0.39 is 14.2 Å². The standard InChI is InChI=1S/C21H35N7O4Si/c1-31-15-8-13(7-14(9-15)25-21(29)30)24-17-10-18(23-11-16(17)22)20-26-19(27-28-20)12-32-5-6-33(2,3)4/h10-11,13-15,25H,5-9,12,22H2,1-4H3,(H,23,24)(H,29,30)(H,26,27,28). The molecule has 2 aromatic rings. The fourth-order valence-corrected chi connectivity index (χ4v) is 4.58. The number of hydrogen-bond donors (Lipinski definition) is 5. The number of nitrogen functional groups attached to an aromatic ring is 1. The second-order valence-electron chi connectivity index (χ2n) is 9.68. The summed E-state index contributed by atoms with van der Waals surface area (Å²) in [4.78, 5) is 20.0. The maximum atomic E-state index is 11.1. The zero-order chi connectivity index (χ0) is 24.0. The van der Waals surface area contributed by atoms with Crippen molar-refractivity contribution < 1.29 is 19.4 Å². The predicted octanol–water partition coefficient (Wildman–Crippen LogP) is 2.92. The Morgan fingerprint density at radius 3 is 2.76 bits per heavy atom. The normalized spacial score (nSPS) is 21.0. The zero-order valence-corrected chi connectivity index (χ0v) is 20.7. The number of methoxy groups -OCH3 is 1. The quantitative estimate of drug-likeness (QED) is 0.256. The molecule has 1 aliphatic carbocycles. The monoisotopic (exact) mass is 477 g/mol. The van der Waals surface area contributed by atoms with Crippen LogP contribution in [0.25, 0.3) is 11.5 Å². The van der Waals surface area contributed by atoms with Crippen LogP contribution in [0.15, 0.2) is 12.3 Å². The molecular formula is C21H35N7O4Si. The number of nitrogens with two attached hydrogens (primary N) is 1. The molecule has 33 heavy (non-hydrogen) atoms. The third-order valence-electron chi connectivity index (χ3n) is 5.62. The van der Waals surface area contributed by atoms with E-state index in [4.69, 9.17) is 20.3 Å². The first-order valence-corrected chi connectivity index (χ1v) is 14.9. The first-order valence-electron chi connectivity index (χ1n) is 11.2. The van der Waals surface area contributed by atoms with Gasteiger partial charge in [-0.2, -0.15) is 5.10 Å². The Balaban J connectivity index is 1.65. The molecule has 0 aliphatic heterocycles. The number of carboxylic acid groups (broad SMARTS) is 1. The smallest absolute Gasteiger partial charge is 0.404 e. The van der Waals surface area contributed by atoms with Gasteiger partial charge in [0.1, 0.15) is 12.3 Å². The Morgan fingerprint density at radius 1 is 1.30 bits per heavy atom. The molecule has 1 fully saturated rings. The van der Waals surface area contributed by atoms with Crippen LogP contribution < -0.4 is 16.4 Å². The molecule has 2 heterocycles. The molecule has 12 heteroatoms. The number of nitrogens with zero attached hydrogens (tertiary/aromatic N) is 3. The lowest BCUT2D eigenvalue weighted by atomic mass is 9.88. The topological polar surface area (TPSA) is 160 Å². The molecule has 0 saturated heterocycles. The van der Waals surface area contributed by atoms with E-state index in [1.807, 2.05) is 6.07 Å². The van der Waals surface area contributed by atoms with Crippen LogP contribution in [0.1, 0.15) is 25.1 Å². The van der Waals surface area contributed by atoms with Gasteiger partial charge in [0, 0.05) is 33.9 Å². The Hall–Kier alpha value is -2.70. The minimum Gasteiger partial charge on any atom is -0.465 e. The maximum absolute atomic E-state index is 11.1. The van der Waals surface area contributed by atoms with Gasteiger partial charge in [0.2, 0.25) is 0 Å². The second kappa shape index (κ2) is 10.9. The van der Waals surface area contributed by atoms with Crippen LogP contribution in [-0.2, 0) is 16.1 Å². The van der Waals surface area contributed by atoms with Gasteiger partial charge in [0.05, 0.1) is 23.7 Å². The number of pyridine rings is 1. The van der Waals surface area contributed by atoms with Crippen LogP contribution in [0.3, 0.4) is 0 Å². The van der Waals surface area contributed by atoms with Crippen LogP contribution in [0.4, 0.5) is 16.2 Å². The molecule has 0 spiro atoms. The van der Waals surface area contributed by atoms with Crippen molar-refractivity contribution in [3.8, 4) is 11.5 Å². The minimum atomic E-state index is -1.13. The minimum absolute atomic E-state index is 0.0134. The van der Waals surface area contributed by atoms with Crippen molar-refractivity contribution in [3.63, 3.8) is 0 Å². The summed E-state index contributed by atoms with van der Waals surface area (Å²) in [6, 6.07) is 2.69. The van der Waals surface area contributed by atoms with E-state index in [1.54, 1.807) is 13.3 Å². The van der Waals surface area contributed by atoms with E-state index >= 15 is 0 Å². The van der Waals surface area contributed by atoms with Crippen LogP contribution in [0, 0.1) is 0 Å². The van der Waals surface area contributed by atoms with Crippen LogP contribution >= 0.6 is 0 Å².